The van der Waals surface area contributed by atoms with Crippen LogP contribution in [0.3, 0.4) is 0 Å². The van der Waals surface area contributed by atoms with Crippen LogP contribution < -0.4 is 21.9 Å². The Hall–Kier alpha value is -3.13. The number of aromatic amines is 1. The molecule has 0 spiro atoms. The van der Waals surface area contributed by atoms with Gasteiger partial charge in [0.1, 0.15) is 5.82 Å². The van der Waals surface area contributed by atoms with Crippen molar-refractivity contribution in [2.24, 2.45) is 5.92 Å². The van der Waals surface area contributed by atoms with E-state index in [2.05, 4.69) is 4.98 Å². The van der Waals surface area contributed by atoms with Crippen molar-refractivity contribution in [3.05, 3.63) is 68.9 Å². The zero-order valence-electron chi connectivity index (χ0n) is 16.5. The molecule has 1 heterocycles. The van der Waals surface area contributed by atoms with Crippen LogP contribution in [0.1, 0.15) is 24.8 Å². The highest BCUT2D eigenvalue weighted by Crippen LogP contribution is 2.25. The molecule has 0 saturated heterocycles. The van der Waals surface area contributed by atoms with Gasteiger partial charge in [-0.3, -0.25) is 19.1 Å². The van der Waals surface area contributed by atoms with E-state index in [9.17, 15) is 14.4 Å². The number of nitrogens with one attached hydrogen (secondary N) is 1. The van der Waals surface area contributed by atoms with Crippen LogP contribution in [0.15, 0.2) is 52.1 Å². The van der Waals surface area contributed by atoms with Gasteiger partial charge in [-0.15, -0.1) is 0 Å². The number of anilines is 2. The van der Waals surface area contributed by atoms with Crippen molar-refractivity contribution < 1.29 is 9.53 Å². The number of methoxy groups -OCH3 is 1. The molecule has 3 rings (SSSR count). The van der Waals surface area contributed by atoms with Gasteiger partial charge in [-0.2, -0.15) is 0 Å². The first-order chi connectivity index (χ1) is 14.0. The standard InChI is InChI=1S/C21H26N4O4/c1-29-13-12-24(20(27)16-10-6-3-7-11-16)17-18(22)25(21(28)23-19(17)26)14-15-8-4-2-5-9-15/h2-6,8-9,16H,7,10-14,22H2,1H3,(H,23,26,28)/t16-/m1/s1. The Balaban J connectivity index is 2.03. The Morgan fingerprint density at radius 2 is 2.03 bits per heavy atom. The molecule has 154 valence electrons. The van der Waals surface area contributed by atoms with E-state index in [1.54, 1.807) is 0 Å². The molecule has 0 saturated carbocycles. The van der Waals surface area contributed by atoms with E-state index in [4.69, 9.17) is 10.5 Å². The van der Waals surface area contributed by atoms with Crippen LogP contribution in [0.2, 0.25) is 0 Å². The van der Waals surface area contributed by atoms with Crippen molar-refractivity contribution in [2.45, 2.75) is 25.8 Å². The van der Waals surface area contributed by atoms with Crippen LogP contribution in [0.25, 0.3) is 0 Å². The number of rotatable bonds is 7. The topological polar surface area (TPSA) is 110 Å². The molecule has 1 aromatic heterocycles. The van der Waals surface area contributed by atoms with E-state index in [0.29, 0.717) is 12.8 Å². The van der Waals surface area contributed by atoms with E-state index >= 15 is 0 Å². The lowest BCUT2D eigenvalue weighted by molar-refractivity contribution is -0.122. The van der Waals surface area contributed by atoms with Crippen LogP contribution in [0.5, 0.6) is 0 Å². The SMILES string of the molecule is COCCN(C(=O)[C@@H]1CC=CCC1)c1c(N)n(Cc2ccccc2)c(=O)[nH]c1=O. The molecule has 0 unspecified atom stereocenters. The molecule has 1 aromatic carbocycles. The highest BCUT2D eigenvalue weighted by molar-refractivity contribution is 5.97. The van der Waals surface area contributed by atoms with Crippen molar-refractivity contribution in [3.8, 4) is 0 Å². The summed E-state index contributed by atoms with van der Waals surface area (Å²) in [5.41, 5.74) is 5.83. The van der Waals surface area contributed by atoms with Gasteiger partial charge in [0.25, 0.3) is 5.56 Å². The van der Waals surface area contributed by atoms with Gasteiger partial charge in [-0.25, -0.2) is 4.79 Å². The molecule has 8 nitrogen and oxygen atoms in total. The number of carbonyl (C=O) groups excluding carboxylic acids is 1. The first-order valence-corrected chi connectivity index (χ1v) is 9.64. The zero-order chi connectivity index (χ0) is 20.8. The van der Waals surface area contributed by atoms with Gasteiger partial charge in [0, 0.05) is 19.6 Å². The summed E-state index contributed by atoms with van der Waals surface area (Å²) in [4.78, 5) is 41.9. The Labute approximate surface area is 168 Å². The fraction of sp³-hybridized carbons (Fsp3) is 0.381. The third-order valence-corrected chi connectivity index (χ3v) is 5.07. The number of nitrogen functional groups attached to an aromatic ring is 1. The summed E-state index contributed by atoms with van der Waals surface area (Å²) >= 11 is 0. The van der Waals surface area contributed by atoms with Crippen molar-refractivity contribution >= 4 is 17.4 Å². The van der Waals surface area contributed by atoms with E-state index in [0.717, 1.165) is 12.0 Å². The lowest BCUT2D eigenvalue weighted by Gasteiger charge is -2.28. The van der Waals surface area contributed by atoms with Crippen LogP contribution in [-0.2, 0) is 16.1 Å². The Morgan fingerprint density at radius 1 is 1.28 bits per heavy atom. The molecule has 1 aliphatic carbocycles. The number of hydrogen-bond donors (Lipinski definition) is 2. The average Bonchev–Trinajstić information content (AvgIpc) is 2.74. The number of ether oxygens (including phenoxy) is 1. The fourth-order valence-electron chi connectivity index (χ4n) is 3.51. The van der Waals surface area contributed by atoms with Crippen LogP contribution in [0, 0.1) is 5.92 Å². The highest BCUT2D eigenvalue weighted by atomic mass is 16.5. The molecule has 0 fully saturated rings. The summed E-state index contributed by atoms with van der Waals surface area (Å²) in [6, 6.07) is 9.30. The van der Waals surface area contributed by atoms with E-state index in [-0.39, 0.29) is 43.0 Å². The average molecular weight is 398 g/mol. The number of nitrogens with two attached hydrogens (primary N) is 1. The first kappa shape index (κ1) is 20.6. The predicted octanol–water partition coefficient (Wildman–Crippen LogP) is 1.50. The fourth-order valence-corrected chi connectivity index (χ4v) is 3.51. The van der Waals surface area contributed by atoms with Crippen molar-refractivity contribution in [2.75, 3.05) is 30.9 Å². The second kappa shape index (κ2) is 9.38. The summed E-state index contributed by atoms with van der Waals surface area (Å²) in [5, 5.41) is 0. The molecular weight excluding hydrogens is 372 g/mol. The van der Waals surface area contributed by atoms with Gasteiger partial charge in [0.15, 0.2) is 5.69 Å². The second-order valence-corrected chi connectivity index (χ2v) is 7.03. The minimum atomic E-state index is -0.674. The number of benzene rings is 1. The molecule has 0 aliphatic heterocycles. The van der Waals surface area contributed by atoms with Crippen LogP contribution in [-0.4, -0.2) is 35.7 Å². The quantitative estimate of drug-likeness (QED) is 0.687. The number of amides is 1. The Kier molecular flexibility index (Phi) is 6.66. The summed E-state index contributed by atoms with van der Waals surface area (Å²) in [6.45, 7) is 0.602. The van der Waals surface area contributed by atoms with E-state index in [1.807, 2.05) is 42.5 Å². The maximum Gasteiger partial charge on any atom is 0.330 e. The van der Waals surface area contributed by atoms with Crippen molar-refractivity contribution in [1.29, 1.82) is 0 Å². The van der Waals surface area contributed by atoms with Gasteiger partial charge in [-0.1, -0.05) is 42.5 Å². The third kappa shape index (κ3) is 4.65. The minimum Gasteiger partial charge on any atom is -0.383 e. The summed E-state index contributed by atoms with van der Waals surface area (Å²) in [6.07, 6.45) is 6.16. The van der Waals surface area contributed by atoms with Crippen LogP contribution >= 0.6 is 0 Å². The molecule has 0 bridgehead atoms. The molecule has 1 aliphatic rings. The first-order valence-electron chi connectivity index (χ1n) is 9.64. The van der Waals surface area contributed by atoms with Gasteiger partial charge in [0.2, 0.25) is 5.91 Å². The molecule has 0 radical (unpaired) electrons. The van der Waals surface area contributed by atoms with Crippen molar-refractivity contribution in [1.82, 2.24) is 9.55 Å². The van der Waals surface area contributed by atoms with E-state index < -0.39 is 11.2 Å². The van der Waals surface area contributed by atoms with Crippen LogP contribution in [0.4, 0.5) is 11.5 Å². The molecule has 29 heavy (non-hydrogen) atoms. The molecule has 1 atom stereocenters. The van der Waals surface area contributed by atoms with Gasteiger partial charge < -0.3 is 15.4 Å². The number of H-pyrrole nitrogens is 1. The minimum absolute atomic E-state index is 0.00265. The van der Waals surface area contributed by atoms with Gasteiger partial charge >= 0.3 is 5.69 Å². The van der Waals surface area contributed by atoms with E-state index in [1.165, 1.54) is 16.6 Å². The molecule has 3 N–H and O–H groups in total. The highest BCUT2D eigenvalue weighted by Gasteiger charge is 2.29. The Bertz CT molecular complexity index is 994. The van der Waals surface area contributed by atoms with Gasteiger partial charge in [0.05, 0.1) is 13.2 Å². The molecule has 1 amide bonds. The molecule has 8 heteroatoms. The third-order valence-electron chi connectivity index (χ3n) is 5.07. The summed E-state index contributed by atoms with van der Waals surface area (Å²) < 4.78 is 6.41. The largest absolute Gasteiger partial charge is 0.383 e. The maximum absolute atomic E-state index is 13.2. The summed E-state index contributed by atoms with van der Waals surface area (Å²) in [5.74, 6) is -0.447. The van der Waals surface area contributed by atoms with Gasteiger partial charge in [-0.05, 0) is 24.8 Å². The number of nitrogens with zero attached hydrogens (tertiary/aromatic N) is 2. The zero-order valence-corrected chi connectivity index (χ0v) is 16.5. The number of hydrogen-bond acceptors (Lipinski definition) is 5. The smallest absolute Gasteiger partial charge is 0.330 e. The number of aromatic nitrogens is 2. The monoisotopic (exact) mass is 398 g/mol. The lowest BCUT2D eigenvalue weighted by Crippen LogP contribution is -2.45. The number of carbonyl (C=O) groups is 1. The maximum atomic E-state index is 13.2. The molecular formula is C21H26N4O4. The second-order valence-electron chi connectivity index (χ2n) is 7.03. The summed E-state index contributed by atoms with van der Waals surface area (Å²) in [7, 11) is 1.52. The number of allylic oxidation sites excluding steroid dienone is 2. The lowest BCUT2D eigenvalue weighted by atomic mass is 9.93. The normalized spacial score (nSPS) is 16.0. The Morgan fingerprint density at radius 3 is 2.69 bits per heavy atom. The predicted molar refractivity (Wildman–Crippen MR) is 112 cm³/mol. The van der Waals surface area contributed by atoms with Crippen molar-refractivity contribution in [3.63, 3.8) is 0 Å². The molecule has 2 aromatic rings.